The SMILES string of the molecule is c1coc([C@H]2N(CCc3ccncc3)CC23CCOCC3)c1. The molecule has 0 radical (unpaired) electrons. The van der Waals surface area contributed by atoms with Gasteiger partial charge < -0.3 is 9.15 Å². The number of nitrogens with zero attached hydrogens (tertiary/aromatic N) is 2. The van der Waals surface area contributed by atoms with Gasteiger partial charge in [0.1, 0.15) is 5.76 Å². The van der Waals surface area contributed by atoms with Crippen molar-refractivity contribution >= 4 is 0 Å². The molecule has 116 valence electrons. The maximum atomic E-state index is 5.75. The molecule has 0 amide bonds. The van der Waals surface area contributed by atoms with E-state index in [-0.39, 0.29) is 0 Å². The van der Waals surface area contributed by atoms with E-state index in [0.717, 1.165) is 51.3 Å². The minimum Gasteiger partial charge on any atom is -0.468 e. The molecule has 2 aliphatic rings. The lowest BCUT2D eigenvalue weighted by molar-refractivity contribution is -0.141. The fraction of sp³-hybridized carbons (Fsp3) is 0.500. The number of ether oxygens (including phenoxy) is 1. The molecular weight excluding hydrogens is 276 g/mol. The Bertz CT molecular complexity index is 591. The predicted octanol–water partition coefficient (Wildman–Crippen LogP) is 3.07. The molecular formula is C18H22N2O2. The van der Waals surface area contributed by atoms with Gasteiger partial charge >= 0.3 is 0 Å². The number of rotatable bonds is 4. The summed E-state index contributed by atoms with van der Waals surface area (Å²) in [5.74, 6) is 1.11. The Labute approximate surface area is 131 Å². The highest BCUT2D eigenvalue weighted by atomic mass is 16.5. The van der Waals surface area contributed by atoms with Crippen molar-refractivity contribution in [1.29, 1.82) is 0 Å². The van der Waals surface area contributed by atoms with E-state index in [1.807, 2.05) is 18.5 Å². The average molecular weight is 298 g/mol. The van der Waals surface area contributed by atoms with Crippen LogP contribution in [0.2, 0.25) is 0 Å². The predicted molar refractivity (Wildman–Crippen MR) is 83.4 cm³/mol. The van der Waals surface area contributed by atoms with Crippen LogP contribution in [-0.4, -0.2) is 36.2 Å². The third-order valence-corrected chi connectivity index (χ3v) is 5.20. The van der Waals surface area contributed by atoms with Crippen LogP contribution in [0, 0.1) is 5.41 Å². The van der Waals surface area contributed by atoms with Gasteiger partial charge in [0.2, 0.25) is 0 Å². The minimum atomic E-state index is 0.356. The van der Waals surface area contributed by atoms with Crippen LogP contribution in [0.1, 0.15) is 30.2 Å². The monoisotopic (exact) mass is 298 g/mol. The van der Waals surface area contributed by atoms with Crippen LogP contribution in [0.15, 0.2) is 47.3 Å². The average Bonchev–Trinajstić information content (AvgIpc) is 3.06. The molecule has 2 fully saturated rings. The van der Waals surface area contributed by atoms with Crippen LogP contribution in [0.4, 0.5) is 0 Å². The summed E-state index contributed by atoms with van der Waals surface area (Å²) in [4.78, 5) is 6.65. The molecule has 0 aromatic carbocycles. The highest BCUT2D eigenvalue weighted by Gasteiger charge is 2.54. The first-order valence-corrected chi connectivity index (χ1v) is 8.12. The molecule has 0 aliphatic carbocycles. The number of pyridine rings is 1. The molecule has 2 aromatic rings. The molecule has 0 saturated carbocycles. The highest BCUT2D eigenvalue weighted by Crippen LogP contribution is 2.54. The van der Waals surface area contributed by atoms with E-state index in [1.165, 1.54) is 5.56 Å². The molecule has 4 rings (SSSR count). The molecule has 2 aliphatic heterocycles. The number of furan rings is 1. The molecule has 4 heteroatoms. The van der Waals surface area contributed by atoms with Gasteiger partial charge in [-0.3, -0.25) is 9.88 Å². The largest absolute Gasteiger partial charge is 0.468 e. The first-order valence-electron chi connectivity index (χ1n) is 8.12. The van der Waals surface area contributed by atoms with Crippen molar-refractivity contribution in [2.75, 3.05) is 26.3 Å². The van der Waals surface area contributed by atoms with Crippen molar-refractivity contribution < 1.29 is 9.15 Å². The smallest absolute Gasteiger partial charge is 0.121 e. The van der Waals surface area contributed by atoms with Crippen molar-refractivity contribution in [3.05, 3.63) is 54.2 Å². The molecule has 2 saturated heterocycles. The van der Waals surface area contributed by atoms with Gasteiger partial charge in [0.05, 0.1) is 12.3 Å². The lowest BCUT2D eigenvalue weighted by Crippen LogP contribution is -2.60. The second-order valence-electron chi connectivity index (χ2n) is 6.47. The van der Waals surface area contributed by atoms with Gasteiger partial charge in [-0.25, -0.2) is 0 Å². The second kappa shape index (κ2) is 5.86. The van der Waals surface area contributed by atoms with Crippen molar-refractivity contribution in [2.45, 2.75) is 25.3 Å². The van der Waals surface area contributed by atoms with Gasteiger partial charge in [0, 0.05) is 44.1 Å². The van der Waals surface area contributed by atoms with Gasteiger partial charge in [-0.15, -0.1) is 0 Å². The lowest BCUT2D eigenvalue weighted by atomic mass is 9.65. The fourth-order valence-corrected chi connectivity index (χ4v) is 4.03. The molecule has 0 bridgehead atoms. The van der Waals surface area contributed by atoms with E-state index in [2.05, 4.69) is 28.1 Å². The summed E-state index contributed by atoms with van der Waals surface area (Å²) >= 11 is 0. The van der Waals surface area contributed by atoms with Crippen LogP contribution in [-0.2, 0) is 11.2 Å². The van der Waals surface area contributed by atoms with E-state index < -0.39 is 0 Å². The summed E-state index contributed by atoms with van der Waals surface area (Å²) < 4.78 is 11.3. The van der Waals surface area contributed by atoms with E-state index >= 15 is 0 Å². The van der Waals surface area contributed by atoms with Crippen LogP contribution in [0.25, 0.3) is 0 Å². The lowest BCUT2D eigenvalue weighted by Gasteiger charge is -2.58. The summed E-state index contributed by atoms with van der Waals surface area (Å²) in [7, 11) is 0. The molecule has 4 heterocycles. The van der Waals surface area contributed by atoms with Crippen LogP contribution in [0.3, 0.4) is 0 Å². The molecule has 22 heavy (non-hydrogen) atoms. The van der Waals surface area contributed by atoms with E-state index in [0.29, 0.717) is 11.5 Å². The Kier molecular flexibility index (Phi) is 3.72. The van der Waals surface area contributed by atoms with Gasteiger partial charge in [0.15, 0.2) is 0 Å². The molecule has 2 aromatic heterocycles. The Morgan fingerprint density at radius 2 is 2.00 bits per heavy atom. The second-order valence-corrected chi connectivity index (χ2v) is 6.47. The Balaban J connectivity index is 1.48. The zero-order valence-corrected chi connectivity index (χ0v) is 12.8. The standard InChI is InChI=1S/C18H22N2O2/c1-2-16(22-11-1)17-18(6-12-21-13-7-18)14-20(17)10-5-15-3-8-19-9-4-15/h1-4,8-9,11,17H,5-7,10,12-14H2/t17-/m1/s1. The third-order valence-electron chi connectivity index (χ3n) is 5.20. The zero-order valence-electron chi connectivity index (χ0n) is 12.8. The van der Waals surface area contributed by atoms with Gasteiger partial charge in [-0.2, -0.15) is 0 Å². The number of aromatic nitrogens is 1. The van der Waals surface area contributed by atoms with Crippen LogP contribution < -0.4 is 0 Å². The maximum absolute atomic E-state index is 5.75. The van der Waals surface area contributed by atoms with Gasteiger partial charge in [-0.05, 0) is 49.1 Å². The Morgan fingerprint density at radius 1 is 1.18 bits per heavy atom. The van der Waals surface area contributed by atoms with Crippen molar-refractivity contribution in [2.24, 2.45) is 5.41 Å². The van der Waals surface area contributed by atoms with E-state index in [4.69, 9.17) is 9.15 Å². The number of likely N-dealkylation sites (tertiary alicyclic amines) is 1. The summed E-state index contributed by atoms with van der Waals surface area (Å²) in [6, 6.07) is 8.74. The topological polar surface area (TPSA) is 38.5 Å². The van der Waals surface area contributed by atoms with Crippen molar-refractivity contribution in [3.8, 4) is 0 Å². The molecule has 1 spiro atoms. The van der Waals surface area contributed by atoms with Crippen molar-refractivity contribution in [3.63, 3.8) is 0 Å². The van der Waals surface area contributed by atoms with E-state index in [1.54, 1.807) is 6.26 Å². The van der Waals surface area contributed by atoms with Crippen molar-refractivity contribution in [1.82, 2.24) is 9.88 Å². The number of hydrogen-bond acceptors (Lipinski definition) is 4. The molecule has 4 nitrogen and oxygen atoms in total. The first-order chi connectivity index (χ1) is 10.9. The molecule has 0 N–H and O–H groups in total. The molecule has 0 unspecified atom stereocenters. The zero-order chi connectivity index (χ0) is 14.8. The Hall–Kier alpha value is -1.65. The van der Waals surface area contributed by atoms with Gasteiger partial charge in [0.25, 0.3) is 0 Å². The fourth-order valence-electron chi connectivity index (χ4n) is 4.03. The first kappa shape index (κ1) is 14.0. The molecule has 1 atom stereocenters. The summed E-state index contributed by atoms with van der Waals surface area (Å²) in [5, 5.41) is 0. The normalized spacial score (nSPS) is 24.3. The van der Waals surface area contributed by atoms with Crippen LogP contribution in [0.5, 0.6) is 0 Å². The minimum absolute atomic E-state index is 0.356. The highest BCUT2D eigenvalue weighted by molar-refractivity contribution is 5.18. The van der Waals surface area contributed by atoms with E-state index in [9.17, 15) is 0 Å². The van der Waals surface area contributed by atoms with Gasteiger partial charge in [-0.1, -0.05) is 0 Å². The summed E-state index contributed by atoms with van der Waals surface area (Å²) in [5.41, 5.74) is 1.70. The van der Waals surface area contributed by atoms with Crippen LogP contribution >= 0.6 is 0 Å². The summed E-state index contributed by atoms with van der Waals surface area (Å²) in [6.07, 6.45) is 8.88. The Morgan fingerprint density at radius 3 is 2.73 bits per heavy atom. The quantitative estimate of drug-likeness (QED) is 0.869. The summed E-state index contributed by atoms with van der Waals surface area (Å²) in [6.45, 7) is 4.00. The maximum Gasteiger partial charge on any atom is 0.121 e. The number of hydrogen-bond donors (Lipinski definition) is 0. The third kappa shape index (κ3) is 2.46.